The monoisotopic (exact) mass is 214 g/mol. The molecule has 0 bridgehead atoms. The van der Waals surface area contributed by atoms with E-state index in [1.807, 2.05) is 0 Å². The number of hydrogen-bond acceptors (Lipinski definition) is 3. The number of nitrogens with one attached hydrogen (secondary N) is 1. The van der Waals surface area contributed by atoms with Gasteiger partial charge in [0.1, 0.15) is 0 Å². The third-order valence-electron chi connectivity index (χ3n) is 2.68. The molecule has 1 aliphatic heterocycles. The maximum Gasteiger partial charge on any atom is 0.236 e. The van der Waals surface area contributed by atoms with Gasteiger partial charge in [-0.25, -0.2) is 0 Å². The van der Waals surface area contributed by atoms with Crippen LogP contribution in [-0.4, -0.2) is 50.7 Å². The van der Waals surface area contributed by atoms with Crippen LogP contribution in [0.2, 0.25) is 0 Å². The third kappa shape index (κ3) is 5.14. The van der Waals surface area contributed by atoms with E-state index in [4.69, 9.17) is 4.74 Å². The molecular formula is C11H22N2O2. The first-order chi connectivity index (χ1) is 7.20. The summed E-state index contributed by atoms with van der Waals surface area (Å²) in [6.07, 6.45) is 5.08. The average molecular weight is 214 g/mol. The summed E-state index contributed by atoms with van der Waals surface area (Å²) in [7, 11) is 3.55. The summed E-state index contributed by atoms with van der Waals surface area (Å²) in [4.78, 5) is 12.8. The maximum atomic E-state index is 11.2. The SMILES string of the molecule is CN(C)C(=O)CNCCCC1CCCO1. The lowest BCUT2D eigenvalue weighted by Gasteiger charge is -2.12. The molecule has 0 aromatic heterocycles. The van der Waals surface area contributed by atoms with E-state index < -0.39 is 0 Å². The Bertz CT molecular complexity index is 189. The number of likely N-dealkylation sites (N-methyl/N-ethyl adjacent to an activating group) is 1. The van der Waals surface area contributed by atoms with Crippen LogP contribution in [0.25, 0.3) is 0 Å². The van der Waals surface area contributed by atoms with Crippen LogP contribution in [0.1, 0.15) is 25.7 Å². The van der Waals surface area contributed by atoms with Gasteiger partial charge in [-0.1, -0.05) is 0 Å². The first-order valence-electron chi connectivity index (χ1n) is 5.72. The van der Waals surface area contributed by atoms with E-state index >= 15 is 0 Å². The predicted octanol–water partition coefficient (Wildman–Crippen LogP) is 0.623. The van der Waals surface area contributed by atoms with Crippen LogP contribution in [0, 0.1) is 0 Å². The standard InChI is InChI=1S/C11H22N2O2/c1-13(2)11(14)9-12-7-3-5-10-6-4-8-15-10/h10,12H,3-9H2,1-2H3. The zero-order valence-electron chi connectivity index (χ0n) is 9.79. The Morgan fingerprint density at radius 2 is 2.33 bits per heavy atom. The molecule has 1 fully saturated rings. The fourth-order valence-corrected chi connectivity index (χ4v) is 1.68. The highest BCUT2D eigenvalue weighted by Crippen LogP contribution is 2.16. The van der Waals surface area contributed by atoms with Crippen molar-refractivity contribution in [2.75, 3.05) is 33.8 Å². The lowest BCUT2D eigenvalue weighted by Crippen LogP contribution is -2.33. The quantitative estimate of drug-likeness (QED) is 0.659. The van der Waals surface area contributed by atoms with Crippen molar-refractivity contribution in [3.8, 4) is 0 Å². The molecule has 1 N–H and O–H groups in total. The summed E-state index contributed by atoms with van der Waals surface area (Å²) < 4.78 is 5.52. The first-order valence-corrected chi connectivity index (χ1v) is 5.72. The van der Waals surface area contributed by atoms with Gasteiger partial charge in [0.15, 0.2) is 0 Å². The van der Waals surface area contributed by atoms with E-state index in [0.717, 1.165) is 26.0 Å². The molecule has 1 atom stereocenters. The van der Waals surface area contributed by atoms with Gasteiger partial charge in [-0.3, -0.25) is 4.79 Å². The minimum absolute atomic E-state index is 0.132. The van der Waals surface area contributed by atoms with Crippen molar-refractivity contribution in [1.29, 1.82) is 0 Å². The van der Waals surface area contributed by atoms with E-state index in [2.05, 4.69) is 5.32 Å². The van der Waals surface area contributed by atoms with Gasteiger partial charge in [0, 0.05) is 20.7 Å². The normalized spacial score (nSPS) is 20.5. The summed E-state index contributed by atoms with van der Waals surface area (Å²) in [6.45, 7) is 2.27. The summed E-state index contributed by atoms with van der Waals surface area (Å²) in [6, 6.07) is 0. The van der Waals surface area contributed by atoms with Gasteiger partial charge < -0.3 is 15.0 Å². The third-order valence-corrected chi connectivity index (χ3v) is 2.68. The summed E-state index contributed by atoms with van der Waals surface area (Å²) in [5.41, 5.74) is 0. The van der Waals surface area contributed by atoms with Gasteiger partial charge in [-0.15, -0.1) is 0 Å². The number of nitrogens with zero attached hydrogens (tertiary/aromatic N) is 1. The zero-order valence-corrected chi connectivity index (χ0v) is 9.79. The second-order valence-electron chi connectivity index (χ2n) is 4.24. The zero-order chi connectivity index (χ0) is 11.1. The van der Waals surface area contributed by atoms with Gasteiger partial charge in [-0.2, -0.15) is 0 Å². The van der Waals surface area contributed by atoms with Crippen LogP contribution in [0.3, 0.4) is 0 Å². The number of carbonyl (C=O) groups is 1. The molecule has 0 aromatic rings. The number of carbonyl (C=O) groups excluding carboxylic acids is 1. The molecule has 4 nitrogen and oxygen atoms in total. The summed E-state index contributed by atoms with van der Waals surface area (Å²) in [5, 5.41) is 3.14. The van der Waals surface area contributed by atoms with Crippen LogP contribution < -0.4 is 5.32 Å². The van der Waals surface area contributed by atoms with E-state index in [-0.39, 0.29) is 5.91 Å². The fraction of sp³-hybridized carbons (Fsp3) is 0.909. The van der Waals surface area contributed by atoms with Gasteiger partial charge in [-0.05, 0) is 32.2 Å². The van der Waals surface area contributed by atoms with Gasteiger partial charge in [0.2, 0.25) is 5.91 Å². The molecule has 1 rings (SSSR count). The highest BCUT2D eigenvalue weighted by molar-refractivity contribution is 5.77. The molecule has 0 aliphatic carbocycles. The van der Waals surface area contributed by atoms with Crippen LogP contribution in [0.4, 0.5) is 0 Å². The van der Waals surface area contributed by atoms with Crippen molar-refractivity contribution >= 4 is 5.91 Å². The molecule has 15 heavy (non-hydrogen) atoms. The Kier molecular flexibility index (Phi) is 5.65. The highest BCUT2D eigenvalue weighted by Gasteiger charge is 2.14. The largest absolute Gasteiger partial charge is 0.378 e. The minimum atomic E-state index is 0.132. The Balaban J connectivity index is 1.90. The van der Waals surface area contributed by atoms with Crippen molar-refractivity contribution in [1.82, 2.24) is 10.2 Å². The second kappa shape index (κ2) is 6.80. The fourth-order valence-electron chi connectivity index (χ4n) is 1.68. The van der Waals surface area contributed by atoms with Crippen LogP contribution >= 0.6 is 0 Å². The van der Waals surface area contributed by atoms with Crippen molar-refractivity contribution < 1.29 is 9.53 Å². The Hall–Kier alpha value is -0.610. The molecule has 0 saturated carbocycles. The van der Waals surface area contributed by atoms with Crippen LogP contribution in [0.5, 0.6) is 0 Å². The molecule has 1 heterocycles. The first kappa shape index (κ1) is 12.5. The maximum absolute atomic E-state index is 11.2. The average Bonchev–Trinajstić information content (AvgIpc) is 2.69. The highest BCUT2D eigenvalue weighted by atomic mass is 16.5. The van der Waals surface area contributed by atoms with Crippen LogP contribution in [0.15, 0.2) is 0 Å². The van der Waals surface area contributed by atoms with Gasteiger partial charge >= 0.3 is 0 Å². The molecule has 0 spiro atoms. The van der Waals surface area contributed by atoms with E-state index in [9.17, 15) is 4.79 Å². The molecule has 1 saturated heterocycles. The van der Waals surface area contributed by atoms with Crippen molar-refractivity contribution in [3.05, 3.63) is 0 Å². The van der Waals surface area contributed by atoms with E-state index in [1.165, 1.54) is 12.8 Å². The topological polar surface area (TPSA) is 41.6 Å². The Labute approximate surface area is 92.0 Å². The van der Waals surface area contributed by atoms with E-state index in [1.54, 1.807) is 19.0 Å². The molecule has 1 amide bonds. The van der Waals surface area contributed by atoms with Gasteiger partial charge in [0.05, 0.1) is 12.6 Å². The van der Waals surface area contributed by atoms with Crippen molar-refractivity contribution in [3.63, 3.8) is 0 Å². The molecular weight excluding hydrogens is 192 g/mol. The number of hydrogen-bond donors (Lipinski definition) is 1. The van der Waals surface area contributed by atoms with Gasteiger partial charge in [0.25, 0.3) is 0 Å². The number of rotatable bonds is 6. The number of ether oxygens (including phenoxy) is 1. The molecule has 4 heteroatoms. The summed E-state index contributed by atoms with van der Waals surface area (Å²) in [5.74, 6) is 0.132. The molecule has 0 aromatic carbocycles. The van der Waals surface area contributed by atoms with Crippen LogP contribution in [-0.2, 0) is 9.53 Å². The predicted molar refractivity (Wildman–Crippen MR) is 59.8 cm³/mol. The second-order valence-corrected chi connectivity index (χ2v) is 4.24. The smallest absolute Gasteiger partial charge is 0.236 e. The van der Waals surface area contributed by atoms with E-state index in [0.29, 0.717) is 12.6 Å². The Morgan fingerprint density at radius 1 is 1.53 bits per heavy atom. The van der Waals surface area contributed by atoms with Crippen molar-refractivity contribution in [2.45, 2.75) is 31.8 Å². The lowest BCUT2D eigenvalue weighted by molar-refractivity contribution is -0.127. The molecule has 1 unspecified atom stereocenters. The Morgan fingerprint density at radius 3 is 2.93 bits per heavy atom. The molecule has 1 aliphatic rings. The van der Waals surface area contributed by atoms with Crippen molar-refractivity contribution in [2.24, 2.45) is 0 Å². The minimum Gasteiger partial charge on any atom is -0.378 e. The summed E-state index contributed by atoms with van der Waals surface area (Å²) >= 11 is 0. The molecule has 0 radical (unpaired) electrons. The molecule has 88 valence electrons. The lowest BCUT2D eigenvalue weighted by atomic mass is 10.1. The number of amides is 1.